The van der Waals surface area contributed by atoms with E-state index in [9.17, 15) is 18.9 Å². The van der Waals surface area contributed by atoms with E-state index in [1.54, 1.807) is 91.4 Å². The van der Waals surface area contributed by atoms with Gasteiger partial charge in [0.05, 0.1) is 18.8 Å². The molecule has 254 valence electrons. The molecule has 0 saturated carbocycles. The van der Waals surface area contributed by atoms with Gasteiger partial charge in [0.1, 0.15) is 11.8 Å². The maximum atomic E-state index is 13.5. The molecule has 0 aliphatic rings. The molecule has 2 heterocycles. The third-order valence-corrected chi connectivity index (χ3v) is 8.78. The van der Waals surface area contributed by atoms with Crippen LogP contribution in [0.2, 0.25) is 0 Å². The Balaban J connectivity index is 1.24. The van der Waals surface area contributed by atoms with Crippen LogP contribution in [0.15, 0.2) is 91.4 Å². The predicted molar refractivity (Wildman–Crippen MR) is 180 cm³/mol. The Bertz CT molecular complexity index is 1960. The molecule has 14 nitrogen and oxygen atoms in total. The Morgan fingerprint density at radius 1 is 0.898 bits per heavy atom. The van der Waals surface area contributed by atoms with Crippen molar-refractivity contribution in [3.8, 4) is 0 Å². The largest absolute Gasteiger partial charge is 0.478 e. The van der Waals surface area contributed by atoms with E-state index in [1.165, 1.54) is 13.4 Å². The first-order chi connectivity index (χ1) is 23.6. The molecule has 0 saturated heterocycles. The number of fused-ring (bicyclic) bond motifs is 1. The van der Waals surface area contributed by atoms with E-state index in [0.717, 1.165) is 21.6 Å². The Hall–Kier alpha value is -5.40. The Kier molecular flexibility index (Phi) is 11.2. The molecule has 3 aromatic carbocycles. The van der Waals surface area contributed by atoms with Gasteiger partial charge in [-0.3, -0.25) is 18.6 Å². The fourth-order valence-electron chi connectivity index (χ4n) is 4.72. The first-order valence-electron chi connectivity index (χ1n) is 15.1. The van der Waals surface area contributed by atoms with Crippen LogP contribution in [0.3, 0.4) is 0 Å². The van der Waals surface area contributed by atoms with Gasteiger partial charge in [-0.15, -0.1) is 0 Å². The second kappa shape index (κ2) is 15.7. The molecule has 0 radical (unpaired) electrons. The summed E-state index contributed by atoms with van der Waals surface area (Å²) in [5, 5.41) is 10.0. The van der Waals surface area contributed by atoms with E-state index < -0.39 is 26.6 Å². The number of nitrogens with zero attached hydrogens (tertiary/aromatic N) is 4. The maximum absolute atomic E-state index is 13.5. The van der Waals surface area contributed by atoms with Crippen LogP contribution in [0, 0.1) is 13.8 Å². The summed E-state index contributed by atoms with van der Waals surface area (Å²) in [6.45, 7) is 2.65. The van der Waals surface area contributed by atoms with E-state index in [4.69, 9.17) is 18.3 Å². The minimum atomic E-state index is -4.21. The molecule has 5 rings (SSSR count). The van der Waals surface area contributed by atoms with Gasteiger partial charge in [0, 0.05) is 31.5 Å². The van der Waals surface area contributed by atoms with Gasteiger partial charge >= 0.3 is 13.9 Å². The predicted octanol–water partition coefficient (Wildman–Crippen LogP) is 6.17. The van der Waals surface area contributed by atoms with Crippen LogP contribution in [-0.4, -0.2) is 58.3 Å². The van der Waals surface area contributed by atoms with Crippen molar-refractivity contribution in [3.63, 3.8) is 0 Å². The van der Waals surface area contributed by atoms with Gasteiger partial charge in [0.15, 0.2) is 5.82 Å². The second-order valence-electron chi connectivity index (χ2n) is 10.8. The number of aromatic nitrogens is 3. The molecule has 2 N–H and O–H groups in total. The molecule has 0 atom stereocenters. The molecule has 3 amide bonds. The topological polar surface area (TPSA) is 163 Å². The summed E-state index contributed by atoms with van der Waals surface area (Å²) < 4.78 is 36.5. The highest BCUT2D eigenvalue weighted by Crippen LogP contribution is 2.51. The molecular weight excluding hydrogens is 651 g/mol. The zero-order valence-corrected chi connectivity index (χ0v) is 28.2. The van der Waals surface area contributed by atoms with E-state index in [1.807, 2.05) is 19.1 Å². The molecular formula is C34H35N6O8P. The number of carbonyl (C=O) groups excluding carboxylic acids is 3. The summed E-state index contributed by atoms with van der Waals surface area (Å²) >= 11 is 0. The van der Waals surface area contributed by atoms with E-state index in [-0.39, 0.29) is 24.7 Å². The summed E-state index contributed by atoms with van der Waals surface area (Å²) in [6.07, 6.45) is 1.90. The lowest BCUT2D eigenvalue weighted by atomic mass is 10.1. The summed E-state index contributed by atoms with van der Waals surface area (Å²) in [4.78, 5) is 43.7. The standard InChI is InChI=1S/C34H35N6O8P/c1-23-15-16-27(17-29(23)38-31-30-24(2)28(32(41)35-3)18-40(30)37-21-36-31)33(42)39(4)34(43)45-22-48-49(44,46-19-25-11-7-5-8-12-25)47-20-26-13-9-6-10-14-26/h5-18,21H,19-20,22H2,1-4H3,(H,35,41)(H,36,37,38). The first-order valence-corrected chi connectivity index (χ1v) is 16.5. The third kappa shape index (κ3) is 8.55. The van der Waals surface area contributed by atoms with Crippen LogP contribution in [0.4, 0.5) is 16.3 Å². The van der Waals surface area contributed by atoms with E-state index in [0.29, 0.717) is 28.1 Å². The molecule has 0 unspecified atom stereocenters. The van der Waals surface area contributed by atoms with Crippen molar-refractivity contribution >= 4 is 42.8 Å². The van der Waals surface area contributed by atoms with Crippen LogP contribution in [-0.2, 0) is 36.1 Å². The van der Waals surface area contributed by atoms with Crippen LogP contribution < -0.4 is 10.6 Å². The van der Waals surface area contributed by atoms with Gasteiger partial charge in [0.2, 0.25) is 6.79 Å². The number of amides is 3. The lowest BCUT2D eigenvalue weighted by Crippen LogP contribution is -2.34. The number of benzene rings is 3. The number of hydrogen-bond donors (Lipinski definition) is 2. The SMILES string of the molecule is CNC(=O)c1cn2ncnc(Nc3cc(C(=O)N(C)C(=O)OCOP(=O)(OCc4ccccc4)OCc4ccccc4)ccc3C)c2c1C. The number of carbonyl (C=O) groups is 3. The number of ether oxygens (including phenoxy) is 1. The summed E-state index contributed by atoms with van der Waals surface area (Å²) in [7, 11) is -1.43. The number of imide groups is 1. The van der Waals surface area contributed by atoms with Gasteiger partial charge in [-0.05, 0) is 48.2 Å². The van der Waals surface area contributed by atoms with Crippen LogP contribution in [0.5, 0.6) is 0 Å². The normalized spacial score (nSPS) is 11.3. The minimum absolute atomic E-state index is 0.0805. The highest BCUT2D eigenvalue weighted by Gasteiger charge is 2.29. The summed E-state index contributed by atoms with van der Waals surface area (Å²) in [5.41, 5.74) is 4.62. The Labute approximate surface area is 282 Å². The number of hydrogen-bond acceptors (Lipinski definition) is 11. The number of phosphoric acid groups is 1. The second-order valence-corrected chi connectivity index (χ2v) is 12.5. The molecule has 15 heteroatoms. The maximum Gasteiger partial charge on any atom is 0.478 e. The lowest BCUT2D eigenvalue weighted by Gasteiger charge is -2.20. The number of rotatable bonds is 13. The highest BCUT2D eigenvalue weighted by molar-refractivity contribution is 7.48. The molecule has 49 heavy (non-hydrogen) atoms. The zero-order valence-electron chi connectivity index (χ0n) is 27.3. The Morgan fingerprint density at radius 2 is 1.53 bits per heavy atom. The number of nitrogens with one attached hydrogen (secondary N) is 2. The quantitative estimate of drug-likeness (QED) is 0.108. The molecule has 0 aliphatic carbocycles. The van der Waals surface area contributed by atoms with Gasteiger partial charge in [-0.25, -0.2) is 28.3 Å². The van der Waals surface area contributed by atoms with Crippen LogP contribution >= 0.6 is 7.82 Å². The van der Waals surface area contributed by atoms with Crippen molar-refractivity contribution in [2.24, 2.45) is 0 Å². The average Bonchev–Trinajstić information content (AvgIpc) is 3.47. The Morgan fingerprint density at radius 3 is 2.14 bits per heavy atom. The van der Waals surface area contributed by atoms with Crippen LogP contribution in [0.1, 0.15) is 43.0 Å². The van der Waals surface area contributed by atoms with Crippen molar-refractivity contribution < 1.29 is 37.3 Å². The smallest absolute Gasteiger partial charge is 0.421 e. The van der Waals surface area contributed by atoms with Gasteiger partial charge in [-0.2, -0.15) is 5.10 Å². The number of phosphoric ester groups is 1. The molecule has 0 aliphatic heterocycles. The van der Waals surface area contributed by atoms with Crippen molar-refractivity contribution in [2.75, 3.05) is 26.2 Å². The van der Waals surface area contributed by atoms with Gasteiger partial charge in [-0.1, -0.05) is 66.7 Å². The van der Waals surface area contributed by atoms with Crippen molar-refractivity contribution in [3.05, 3.63) is 125 Å². The number of aryl methyl sites for hydroxylation is 2. The van der Waals surface area contributed by atoms with E-state index >= 15 is 0 Å². The average molecular weight is 687 g/mol. The van der Waals surface area contributed by atoms with E-state index in [2.05, 4.69) is 20.7 Å². The van der Waals surface area contributed by atoms with Crippen molar-refractivity contribution in [2.45, 2.75) is 27.1 Å². The van der Waals surface area contributed by atoms with Crippen LogP contribution in [0.25, 0.3) is 5.52 Å². The first kappa shape index (κ1) is 34.9. The molecule has 5 aromatic rings. The fraction of sp³-hybridized carbons (Fsp3) is 0.206. The summed E-state index contributed by atoms with van der Waals surface area (Å²) in [6, 6.07) is 22.9. The fourth-order valence-corrected chi connectivity index (χ4v) is 5.73. The van der Waals surface area contributed by atoms with Crippen molar-refractivity contribution in [1.29, 1.82) is 0 Å². The monoisotopic (exact) mass is 686 g/mol. The lowest BCUT2D eigenvalue weighted by molar-refractivity contribution is 0.00721. The molecule has 0 fully saturated rings. The number of anilines is 2. The molecule has 0 bridgehead atoms. The molecule has 2 aromatic heterocycles. The highest BCUT2D eigenvalue weighted by atomic mass is 31.2. The van der Waals surface area contributed by atoms with Gasteiger partial charge in [0.25, 0.3) is 11.8 Å². The zero-order chi connectivity index (χ0) is 35.0. The van der Waals surface area contributed by atoms with Gasteiger partial charge < -0.3 is 15.4 Å². The molecule has 0 spiro atoms. The summed E-state index contributed by atoms with van der Waals surface area (Å²) in [5.74, 6) is -0.528. The van der Waals surface area contributed by atoms with Crippen molar-refractivity contribution in [1.82, 2.24) is 24.8 Å². The minimum Gasteiger partial charge on any atom is -0.421 e. The third-order valence-electron chi connectivity index (χ3n) is 7.47.